The van der Waals surface area contributed by atoms with Crippen LogP contribution in [-0.4, -0.2) is 52.5 Å². The molecule has 1 N–H and O–H groups in total. The maximum atomic E-state index is 13.0. The highest BCUT2D eigenvalue weighted by molar-refractivity contribution is 5.99. The fraction of sp³-hybridized carbons (Fsp3) is 0.350. The van der Waals surface area contributed by atoms with Gasteiger partial charge in [0.1, 0.15) is 0 Å². The van der Waals surface area contributed by atoms with E-state index in [1.54, 1.807) is 12.4 Å². The van der Waals surface area contributed by atoms with Crippen LogP contribution in [0.5, 0.6) is 0 Å². The number of imidazole rings is 1. The Bertz CT molecular complexity index is 1030. The molecule has 0 spiro atoms. The normalized spacial score (nSPS) is 15.3. The smallest absolute Gasteiger partial charge is 0.326 e. The lowest BCUT2D eigenvalue weighted by Crippen LogP contribution is -2.41. The number of amides is 1. The van der Waals surface area contributed by atoms with Gasteiger partial charge >= 0.3 is 5.69 Å². The Kier molecular flexibility index (Phi) is 4.43. The van der Waals surface area contributed by atoms with Crippen molar-refractivity contribution in [2.45, 2.75) is 18.9 Å². The van der Waals surface area contributed by atoms with Gasteiger partial charge in [0.25, 0.3) is 5.91 Å². The molecule has 3 heterocycles. The minimum Gasteiger partial charge on any atom is -0.377 e. The molecule has 1 aromatic carbocycles. The number of para-hydroxylation sites is 2. The first-order chi connectivity index (χ1) is 13.1. The highest BCUT2D eigenvalue weighted by Crippen LogP contribution is 2.27. The van der Waals surface area contributed by atoms with Crippen molar-refractivity contribution in [3.05, 3.63) is 58.8 Å². The Morgan fingerprint density at radius 2 is 1.93 bits per heavy atom. The number of likely N-dealkylation sites (tertiary alicyclic amines) is 1. The van der Waals surface area contributed by atoms with Crippen LogP contribution in [-0.2, 0) is 0 Å². The van der Waals surface area contributed by atoms with Gasteiger partial charge in [0.05, 0.1) is 22.3 Å². The van der Waals surface area contributed by atoms with Crippen molar-refractivity contribution < 1.29 is 4.79 Å². The summed E-state index contributed by atoms with van der Waals surface area (Å²) in [7, 11) is 3.84. The predicted octanol–water partition coefficient (Wildman–Crippen LogP) is 2.27. The fourth-order valence-corrected chi connectivity index (χ4v) is 3.88. The number of rotatable bonds is 3. The average molecular weight is 365 g/mol. The molecule has 1 fully saturated rings. The van der Waals surface area contributed by atoms with Gasteiger partial charge in [-0.3, -0.25) is 14.3 Å². The first-order valence-electron chi connectivity index (χ1n) is 9.16. The molecule has 1 aliphatic heterocycles. The van der Waals surface area contributed by atoms with Crippen LogP contribution in [0.25, 0.3) is 11.0 Å². The number of benzene rings is 1. The highest BCUT2D eigenvalue weighted by atomic mass is 16.2. The van der Waals surface area contributed by atoms with Crippen LogP contribution in [0.2, 0.25) is 0 Å². The van der Waals surface area contributed by atoms with E-state index in [4.69, 9.17) is 0 Å². The summed E-state index contributed by atoms with van der Waals surface area (Å²) in [4.78, 5) is 36.2. The van der Waals surface area contributed by atoms with Gasteiger partial charge in [-0.2, -0.15) is 0 Å². The van der Waals surface area contributed by atoms with E-state index in [0.717, 1.165) is 29.6 Å². The molecule has 2 aromatic heterocycles. The Balaban J connectivity index is 1.53. The van der Waals surface area contributed by atoms with Gasteiger partial charge in [0, 0.05) is 45.6 Å². The van der Waals surface area contributed by atoms with Crippen molar-refractivity contribution in [2.24, 2.45) is 0 Å². The van der Waals surface area contributed by atoms with Crippen LogP contribution in [0.3, 0.4) is 0 Å². The van der Waals surface area contributed by atoms with Crippen LogP contribution in [0.4, 0.5) is 5.69 Å². The number of hydrogen-bond acceptors (Lipinski definition) is 4. The van der Waals surface area contributed by atoms with Crippen LogP contribution in [0, 0.1) is 0 Å². The zero-order valence-corrected chi connectivity index (χ0v) is 15.6. The third-order valence-corrected chi connectivity index (χ3v) is 5.25. The molecular weight excluding hydrogens is 342 g/mol. The van der Waals surface area contributed by atoms with Crippen molar-refractivity contribution in [2.75, 3.05) is 32.1 Å². The van der Waals surface area contributed by atoms with E-state index in [-0.39, 0.29) is 17.6 Å². The number of anilines is 1. The van der Waals surface area contributed by atoms with E-state index in [2.05, 4.69) is 9.97 Å². The number of pyridine rings is 1. The number of carbonyl (C=O) groups excluding carboxylic acids is 1. The molecule has 1 saturated heterocycles. The lowest BCUT2D eigenvalue weighted by Gasteiger charge is -2.33. The predicted molar refractivity (Wildman–Crippen MR) is 105 cm³/mol. The number of H-pyrrole nitrogens is 1. The van der Waals surface area contributed by atoms with Crippen LogP contribution < -0.4 is 10.6 Å². The van der Waals surface area contributed by atoms with E-state index in [1.165, 1.54) is 0 Å². The van der Waals surface area contributed by atoms with Crippen molar-refractivity contribution in [3.63, 3.8) is 0 Å². The number of carbonyl (C=O) groups is 1. The number of hydrogen-bond donors (Lipinski definition) is 1. The molecule has 4 rings (SSSR count). The largest absolute Gasteiger partial charge is 0.377 e. The first kappa shape index (κ1) is 17.3. The Hall–Kier alpha value is -3.09. The zero-order chi connectivity index (χ0) is 19.0. The second kappa shape index (κ2) is 6.90. The minimum atomic E-state index is -0.0804. The summed E-state index contributed by atoms with van der Waals surface area (Å²) in [5, 5.41) is 0. The van der Waals surface area contributed by atoms with E-state index in [9.17, 15) is 9.59 Å². The van der Waals surface area contributed by atoms with Crippen molar-refractivity contribution in [3.8, 4) is 0 Å². The fourth-order valence-electron chi connectivity index (χ4n) is 3.88. The molecule has 0 unspecified atom stereocenters. The molecule has 27 heavy (non-hydrogen) atoms. The third kappa shape index (κ3) is 3.09. The Morgan fingerprint density at radius 1 is 1.19 bits per heavy atom. The molecular formula is C20H23N5O2. The highest BCUT2D eigenvalue weighted by Gasteiger charge is 2.28. The van der Waals surface area contributed by atoms with Gasteiger partial charge in [-0.15, -0.1) is 0 Å². The van der Waals surface area contributed by atoms with Gasteiger partial charge < -0.3 is 14.8 Å². The molecule has 3 aromatic rings. The summed E-state index contributed by atoms with van der Waals surface area (Å²) in [5.41, 5.74) is 3.18. The molecule has 1 amide bonds. The number of nitrogens with zero attached hydrogens (tertiary/aromatic N) is 4. The summed E-state index contributed by atoms with van der Waals surface area (Å²) >= 11 is 0. The molecule has 0 bridgehead atoms. The van der Waals surface area contributed by atoms with Gasteiger partial charge in [0.2, 0.25) is 0 Å². The van der Waals surface area contributed by atoms with Crippen LogP contribution in [0.1, 0.15) is 29.2 Å². The molecule has 0 saturated carbocycles. The standard InChI is InChI=1S/C20H23N5O2/c1-23(2)17-7-10-21-13-15(17)19(26)24-11-8-14(9-12-24)25-18-6-4-3-5-16(18)22-20(25)27/h3-7,10,13-14H,8-9,11-12H2,1-2H3,(H,22,27). The third-order valence-electron chi connectivity index (χ3n) is 5.25. The summed E-state index contributed by atoms with van der Waals surface area (Å²) in [6.45, 7) is 1.24. The minimum absolute atomic E-state index is 0.00322. The van der Waals surface area contributed by atoms with Crippen LogP contribution in [0.15, 0.2) is 47.5 Å². The van der Waals surface area contributed by atoms with Crippen molar-refractivity contribution in [1.82, 2.24) is 19.4 Å². The maximum Gasteiger partial charge on any atom is 0.326 e. The number of nitrogens with one attached hydrogen (secondary N) is 1. The molecule has 0 radical (unpaired) electrons. The Morgan fingerprint density at radius 3 is 2.67 bits per heavy atom. The lowest BCUT2D eigenvalue weighted by atomic mass is 10.0. The van der Waals surface area contributed by atoms with Gasteiger partial charge in [0.15, 0.2) is 0 Å². The topological polar surface area (TPSA) is 74.2 Å². The second-order valence-electron chi connectivity index (χ2n) is 7.13. The first-order valence-corrected chi connectivity index (χ1v) is 9.16. The molecule has 140 valence electrons. The quantitative estimate of drug-likeness (QED) is 0.773. The number of aromatic amines is 1. The SMILES string of the molecule is CN(C)c1ccncc1C(=O)N1CCC(n2c(=O)[nH]c3ccccc32)CC1. The maximum absolute atomic E-state index is 13.0. The zero-order valence-electron chi connectivity index (χ0n) is 15.6. The van der Waals surface area contributed by atoms with Crippen LogP contribution >= 0.6 is 0 Å². The van der Waals surface area contributed by atoms with E-state index in [0.29, 0.717) is 18.7 Å². The number of fused-ring (bicyclic) bond motifs is 1. The molecule has 7 nitrogen and oxygen atoms in total. The van der Waals surface area contributed by atoms with E-state index >= 15 is 0 Å². The number of aromatic nitrogens is 3. The molecule has 0 atom stereocenters. The van der Waals surface area contributed by atoms with Gasteiger partial charge in [-0.25, -0.2) is 4.79 Å². The van der Waals surface area contributed by atoms with Crippen molar-refractivity contribution >= 4 is 22.6 Å². The molecule has 0 aliphatic carbocycles. The second-order valence-corrected chi connectivity index (χ2v) is 7.13. The molecule has 7 heteroatoms. The monoisotopic (exact) mass is 365 g/mol. The summed E-state index contributed by atoms with van der Waals surface area (Å²) in [5.74, 6) is -0.00322. The summed E-state index contributed by atoms with van der Waals surface area (Å²) in [6.07, 6.45) is 4.84. The van der Waals surface area contributed by atoms with E-state index in [1.807, 2.05) is 58.8 Å². The van der Waals surface area contributed by atoms with Crippen molar-refractivity contribution in [1.29, 1.82) is 0 Å². The van der Waals surface area contributed by atoms with E-state index < -0.39 is 0 Å². The summed E-state index contributed by atoms with van der Waals surface area (Å²) in [6, 6.07) is 9.68. The summed E-state index contributed by atoms with van der Waals surface area (Å²) < 4.78 is 1.84. The molecule has 1 aliphatic rings. The van der Waals surface area contributed by atoms with Gasteiger partial charge in [-0.1, -0.05) is 12.1 Å². The Labute approximate surface area is 157 Å². The van der Waals surface area contributed by atoms with Gasteiger partial charge in [-0.05, 0) is 31.0 Å². The number of piperidine rings is 1. The average Bonchev–Trinajstić information content (AvgIpc) is 3.03. The lowest BCUT2D eigenvalue weighted by molar-refractivity contribution is 0.0695.